The Kier molecular flexibility index (Phi) is 9.07. The highest BCUT2D eigenvalue weighted by Crippen LogP contribution is 2.19. The second-order valence-electron chi connectivity index (χ2n) is 5.18. The van der Waals surface area contributed by atoms with Gasteiger partial charge in [0.25, 0.3) is 0 Å². The number of aromatic nitrogens is 1. The van der Waals surface area contributed by atoms with E-state index in [4.69, 9.17) is 10.5 Å². The van der Waals surface area contributed by atoms with E-state index in [0.717, 1.165) is 5.56 Å². The van der Waals surface area contributed by atoms with Crippen LogP contribution in [0.1, 0.15) is 25.8 Å². The predicted molar refractivity (Wildman–Crippen MR) is 98.3 cm³/mol. The number of pyridine rings is 1. The van der Waals surface area contributed by atoms with Crippen molar-refractivity contribution in [3.8, 4) is 0 Å². The summed E-state index contributed by atoms with van der Waals surface area (Å²) in [6.45, 7) is 4.01. The van der Waals surface area contributed by atoms with Gasteiger partial charge in [-0.05, 0) is 43.2 Å². The average Bonchev–Trinajstić information content (AvgIpc) is 2.64. The number of carboxylic acid groups (broad SMARTS) is 1. The van der Waals surface area contributed by atoms with E-state index in [1.165, 1.54) is 19.1 Å². The van der Waals surface area contributed by atoms with Crippen LogP contribution in [0.4, 0.5) is 26.5 Å². The summed E-state index contributed by atoms with van der Waals surface area (Å²) in [6, 6.07) is 9.47. The summed E-state index contributed by atoms with van der Waals surface area (Å²) in [6.07, 6.45) is -0.469. The fraction of sp³-hybridized carbons (Fsp3) is 0.278. The number of benzene rings is 1. The number of rotatable bonds is 6. The molecule has 4 N–H and O–H groups in total. The number of nitrogens with zero attached hydrogens (tertiary/aromatic N) is 1. The molecule has 0 unspecified atom stereocenters. The topological polar surface area (TPSA) is 129 Å². The van der Waals surface area contributed by atoms with E-state index in [1.54, 1.807) is 31.2 Å². The molecular weight excluding hydrogens is 355 g/mol. The van der Waals surface area contributed by atoms with Crippen molar-refractivity contribution >= 4 is 29.4 Å². The zero-order chi connectivity index (χ0) is 20.2. The highest BCUT2D eigenvalue weighted by Gasteiger charge is 2.07. The Bertz CT molecular complexity index is 754. The normalized spacial score (nSPS) is 9.59. The van der Waals surface area contributed by atoms with Crippen LogP contribution in [0.2, 0.25) is 0 Å². The standard InChI is InChI=1S/C15H17FN4O2.C3H6O2/c1-2-22-15(21)19-12-7-8-13(20-14(12)17)18-9-10-3-5-11(16)6-4-10;1-2-3(4)5/h3-8H,2,9H2,1H3,(H,19,21)(H3,17,18,20);2H2,1H3,(H,4,5)/p-1. The summed E-state index contributed by atoms with van der Waals surface area (Å²) in [5.74, 6) is -0.543. The lowest BCUT2D eigenvalue weighted by molar-refractivity contribution is -0.305. The molecular formula is C18H22FN4O4-. The zero-order valence-electron chi connectivity index (χ0n) is 15.1. The Morgan fingerprint density at radius 3 is 2.33 bits per heavy atom. The monoisotopic (exact) mass is 377 g/mol. The number of ether oxygens (including phenoxy) is 1. The van der Waals surface area contributed by atoms with E-state index >= 15 is 0 Å². The van der Waals surface area contributed by atoms with Crippen LogP contribution in [0.25, 0.3) is 0 Å². The van der Waals surface area contributed by atoms with Gasteiger partial charge in [-0.1, -0.05) is 19.1 Å². The van der Waals surface area contributed by atoms with E-state index < -0.39 is 12.1 Å². The Balaban J connectivity index is 0.000000646. The van der Waals surface area contributed by atoms with Crippen LogP contribution in [0.15, 0.2) is 36.4 Å². The number of amides is 1. The van der Waals surface area contributed by atoms with E-state index in [0.29, 0.717) is 18.1 Å². The molecule has 1 amide bonds. The first-order valence-corrected chi connectivity index (χ1v) is 8.24. The first-order chi connectivity index (χ1) is 12.8. The maximum absolute atomic E-state index is 12.8. The molecule has 2 aromatic rings. The van der Waals surface area contributed by atoms with E-state index in [-0.39, 0.29) is 24.7 Å². The van der Waals surface area contributed by atoms with Crippen molar-refractivity contribution in [2.45, 2.75) is 26.8 Å². The molecule has 0 saturated heterocycles. The highest BCUT2D eigenvalue weighted by molar-refractivity contribution is 5.88. The summed E-state index contributed by atoms with van der Waals surface area (Å²) in [7, 11) is 0. The number of anilines is 3. The lowest BCUT2D eigenvalue weighted by Gasteiger charge is -2.10. The molecule has 0 aliphatic heterocycles. The zero-order valence-corrected chi connectivity index (χ0v) is 15.1. The van der Waals surface area contributed by atoms with Gasteiger partial charge in [0.05, 0.1) is 12.3 Å². The van der Waals surface area contributed by atoms with E-state index in [2.05, 4.69) is 15.6 Å². The number of hydrogen-bond acceptors (Lipinski definition) is 7. The number of aliphatic carboxylic acids is 1. The molecule has 0 saturated carbocycles. The number of nitrogens with one attached hydrogen (secondary N) is 2. The molecule has 0 aliphatic carbocycles. The number of carbonyl (C=O) groups excluding carboxylic acids is 2. The van der Waals surface area contributed by atoms with Crippen molar-refractivity contribution in [3.05, 3.63) is 47.8 Å². The van der Waals surface area contributed by atoms with Crippen molar-refractivity contribution in [2.75, 3.05) is 23.0 Å². The minimum Gasteiger partial charge on any atom is -0.550 e. The summed E-state index contributed by atoms with van der Waals surface area (Å²) in [5, 5.41) is 14.8. The molecule has 1 aromatic carbocycles. The number of carbonyl (C=O) groups is 2. The molecule has 0 radical (unpaired) electrons. The molecule has 0 aliphatic rings. The third-order valence-corrected chi connectivity index (χ3v) is 3.11. The Hall–Kier alpha value is -3.36. The molecule has 146 valence electrons. The van der Waals surface area contributed by atoms with Crippen LogP contribution in [0.5, 0.6) is 0 Å². The van der Waals surface area contributed by atoms with Crippen LogP contribution < -0.4 is 21.5 Å². The van der Waals surface area contributed by atoms with Crippen LogP contribution >= 0.6 is 0 Å². The van der Waals surface area contributed by atoms with Crippen molar-refractivity contribution < 1.29 is 23.8 Å². The summed E-state index contributed by atoms with van der Waals surface area (Å²) >= 11 is 0. The lowest BCUT2D eigenvalue weighted by atomic mass is 10.2. The summed E-state index contributed by atoms with van der Waals surface area (Å²) < 4.78 is 17.6. The molecule has 27 heavy (non-hydrogen) atoms. The molecule has 0 atom stereocenters. The molecule has 0 fully saturated rings. The van der Waals surface area contributed by atoms with Gasteiger partial charge in [0, 0.05) is 12.5 Å². The molecule has 1 heterocycles. The first kappa shape index (κ1) is 21.7. The number of carboxylic acids is 1. The third-order valence-electron chi connectivity index (χ3n) is 3.11. The fourth-order valence-corrected chi connectivity index (χ4v) is 1.75. The van der Waals surface area contributed by atoms with Crippen LogP contribution in [0.3, 0.4) is 0 Å². The van der Waals surface area contributed by atoms with Crippen LogP contribution in [0, 0.1) is 5.82 Å². The lowest BCUT2D eigenvalue weighted by Crippen LogP contribution is -2.19. The van der Waals surface area contributed by atoms with E-state index in [9.17, 15) is 19.1 Å². The highest BCUT2D eigenvalue weighted by atomic mass is 19.1. The first-order valence-electron chi connectivity index (χ1n) is 8.24. The summed E-state index contributed by atoms with van der Waals surface area (Å²) in [5.41, 5.74) is 7.08. The van der Waals surface area contributed by atoms with Crippen molar-refractivity contribution in [1.29, 1.82) is 0 Å². The molecule has 0 spiro atoms. The van der Waals surface area contributed by atoms with Gasteiger partial charge in [-0.2, -0.15) is 0 Å². The minimum atomic E-state index is -0.995. The van der Waals surface area contributed by atoms with Crippen molar-refractivity contribution in [2.24, 2.45) is 0 Å². The van der Waals surface area contributed by atoms with Crippen molar-refractivity contribution in [3.63, 3.8) is 0 Å². The van der Waals surface area contributed by atoms with Gasteiger partial charge in [-0.25, -0.2) is 14.2 Å². The molecule has 8 nitrogen and oxygen atoms in total. The van der Waals surface area contributed by atoms with Gasteiger partial charge < -0.3 is 25.7 Å². The van der Waals surface area contributed by atoms with Crippen molar-refractivity contribution in [1.82, 2.24) is 4.98 Å². The third kappa shape index (κ3) is 8.52. The van der Waals surface area contributed by atoms with Crippen LogP contribution in [-0.2, 0) is 16.1 Å². The summed E-state index contributed by atoms with van der Waals surface area (Å²) in [4.78, 5) is 24.7. The molecule has 9 heteroatoms. The quantitative estimate of drug-likeness (QED) is 0.703. The van der Waals surface area contributed by atoms with Crippen LogP contribution in [-0.4, -0.2) is 23.7 Å². The van der Waals surface area contributed by atoms with E-state index in [1.807, 2.05) is 0 Å². The van der Waals surface area contributed by atoms with Gasteiger partial charge in [0.2, 0.25) is 0 Å². The maximum Gasteiger partial charge on any atom is 0.411 e. The number of halogens is 1. The molecule has 2 rings (SSSR count). The predicted octanol–water partition coefficient (Wildman–Crippen LogP) is 2.13. The minimum absolute atomic E-state index is 0.111. The maximum atomic E-state index is 12.8. The number of nitrogens with two attached hydrogens (primary N) is 1. The average molecular weight is 377 g/mol. The fourth-order valence-electron chi connectivity index (χ4n) is 1.75. The Morgan fingerprint density at radius 2 is 1.81 bits per heavy atom. The Labute approximate surface area is 156 Å². The molecule has 0 bridgehead atoms. The molecule has 1 aromatic heterocycles. The smallest absolute Gasteiger partial charge is 0.411 e. The Morgan fingerprint density at radius 1 is 1.19 bits per heavy atom. The SMILES string of the molecule is CCC(=O)[O-].CCOC(=O)Nc1ccc(NCc2ccc(F)cc2)nc1N. The second kappa shape index (κ2) is 11.3. The largest absolute Gasteiger partial charge is 0.550 e. The van der Waals surface area contributed by atoms with Gasteiger partial charge in [0.15, 0.2) is 0 Å². The van der Waals surface area contributed by atoms with Gasteiger partial charge in [-0.3, -0.25) is 5.32 Å². The second-order valence-corrected chi connectivity index (χ2v) is 5.18. The van der Waals surface area contributed by atoms with Gasteiger partial charge in [-0.15, -0.1) is 0 Å². The number of nitrogen functional groups attached to an aromatic ring is 1. The van der Waals surface area contributed by atoms with Gasteiger partial charge >= 0.3 is 6.09 Å². The van der Waals surface area contributed by atoms with Gasteiger partial charge in [0.1, 0.15) is 17.5 Å². The number of hydrogen-bond donors (Lipinski definition) is 3.